The molecule has 1 amide bonds. The summed E-state index contributed by atoms with van der Waals surface area (Å²) >= 11 is 0. The fourth-order valence-corrected chi connectivity index (χ4v) is 4.71. The first kappa shape index (κ1) is 20.6. The van der Waals surface area contributed by atoms with E-state index in [0.29, 0.717) is 13.1 Å². The highest BCUT2D eigenvalue weighted by molar-refractivity contribution is 6.03. The number of amides is 1. The number of hydrogen-bond donors (Lipinski definition) is 3. The van der Waals surface area contributed by atoms with Gasteiger partial charge in [-0.1, -0.05) is 42.0 Å². The third-order valence-corrected chi connectivity index (χ3v) is 6.51. The van der Waals surface area contributed by atoms with E-state index < -0.39 is 0 Å². The molecule has 0 aliphatic carbocycles. The first-order valence-electron chi connectivity index (χ1n) is 11.1. The van der Waals surface area contributed by atoms with E-state index in [1.165, 1.54) is 16.7 Å². The lowest BCUT2D eigenvalue weighted by Gasteiger charge is -2.19. The standard InChI is InChI=1S/C27H28N4O/c1-16-4-3-5-19(8-16)26(12-28)31-27(32)24-11-21(9-22-13-29-15-25(22)24)18-6-7-20-14-30-17(2)23(20)10-18/h3-11,26,29H,12-15,28H2,1-2H3,(H,31,32). The molecule has 2 aliphatic rings. The Morgan fingerprint density at radius 3 is 2.75 bits per heavy atom. The molecule has 0 saturated heterocycles. The largest absolute Gasteiger partial charge is 0.344 e. The first-order valence-corrected chi connectivity index (χ1v) is 11.1. The summed E-state index contributed by atoms with van der Waals surface area (Å²) in [6, 6.07) is 18.6. The number of nitrogens with zero attached hydrogens (tertiary/aromatic N) is 1. The van der Waals surface area contributed by atoms with Crippen LogP contribution in [-0.2, 0) is 19.6 Å². The molecule has 5 heteroatoms. The second-order valence-corrected chi connectivity index (χ2v) is 8.71. The van der Waals surface area contributed by atoms with Crippen LogP contribution in [0.5, 0.6) is 0 Å². The Morgan fingerprint density at radius 1 is 1.06 bits per heavy atom. The number of aliphatic imine (C=N–C) groups is 1. The molecule has 1 atom stereocenters. The Labute approximate surface area is 188 Å². The van der Waals surface area contributed by atoms with Gasteiger partial charge in [0, 0.05) is 36.5 Å². The predicted molar refractivity (Wildman–Crippen MR) is 129 cm³/mol. The van der Waals surface area contributed by atoms with Crippen molar-refractivity contribution in [3.8, 4) is 11.1 Å². The lowest BCUT2D eigenvalue weighted by atomic mass is 9.93. The quantitative estimate of drug-likeness (QED) is 0.579. The van der Waals surface area contributed by atoms with Gasteiger partial charge >= 0.3 is 0 Å². The normalized spacial score (nSPS) is 15.2. The molecule has 32 heavy (non-hydrogen) atoms. The SMILES string of the molecule is CC1=NCc2ccc(-c3cc4c(c(C(=O)NC(CN)c5cccc(C)c5)c3)CNC4)cc21. The number of nitrogens with one attached hydrogen (secondary N) is 2. The molecule has 2 heterocycles. The highest BCUT2D eigenvalue weighted by atomic mass is 16.1. The van der Waals surface area contributed by atoms with Crippen molar-refractivity contribution >= 4 is 11.6 Å². The van der Waals surface area contributed by atoms with Crippen LogP contribution in [0.4, 0.5) is 0 Å². The third-order valence-electron chi connectivity index (χ3n) is 6.51. The number of carbonyl (C=O) groups is 1. The molecule has 0 aromatic heterocycles. The fraction of sp³-hybridized carbons (Fsp3) is 0.259. The van der Waals surface area contributed by atoms with Crippen molar-refractivity contribution in [2.75, 3.05) is 6.54 Å². The summed E-state index contributed by atoms with van der Waals surface area (Å²) in [5.41, 5.74) is 16.9. The average molecular weight is 425 g/mol. The monoisotopic (exact) mass is 424 g/mol. The van der Waals surface area contributed by atoms with Gasteiger partial charge in [-0.15, -0.1) is 0 Å². The van der Waals surface area contributed by atoms with Crippen LogP contribution in [0.15, 0.2) is 59.6 Å². The van der Waals surface area contributed by atoms with E-state index in [1.54, 1.807) is 0 Å². The maximum Gasteiger partial charge on any atom is 0.252 e. The van der Waals surface area contributed by atoms with Gasteiger partial charge < -0.3 is 16.4 Å². The van der Waals surface area contributed by atoms with Crippen LogP contribution < -0.4 is 16.4 Å². The van der Waals surface area contributed by atoms with E-state index in [9.17, 15) is 4.79 Å². The molecule has 0 fully saturated rings. The van der Waals surface area contributed by atoms with E-state index >= 15 is 0 Å². The third kappa shape index (κ3) is 3.74. The molecular formula is C27H28N4O. The highest BCUT2D eigenvalue weighted by Crippen LogP contribution is 2.31. The van der Waals surface area contributed by atoms with Gasteiger partial charge in [0.2, 0.25) is 0 Å². The lowest BCUT2D eigenvalue weighted by molar-refractivity contribution is 0.0937. The van der Waals surface area contributed by atoms with Gasteiger partial charge in [-0.3, -0.25) is 9.79 Å². The fourth-order valence-electron chi connectivity index (χ4n) is 4.71. The van der Waals surface area contributed by atoms with Gasteiger partial charge in [-0.05, 0) is 65.4 Å². The minimum Gasteiger partial charge on any atom is -0.344 e. The molecular weight excluding hydrogens is 396 g/mol. The Hall–Kier alpha value is -3.28. The number of aryl methyl sites for hydroxylation is 1. The number of nitrogens with two attached hydrogens (primary N) is 1. The van der Waals surface area contributed by atoms with Crippen molar-refractivity contribution in [3.63, 3.8) is 0 Å². The van der Waals surface area contributed by atoms with Crippen LogP contribution >= 0.6 is 0 Å². The summed E-state index contributed by atoms with van der Waals surface area (Å²) in [4.78, 5) is 18.0. The van der Waals surface area contributed by atoms with Crippen molar-refractivity contribution in [2.24, 2.45) is 10.7 Å². The first-order chi connectivity index (χ1) is 15.5. The molecule has 0 spiro atoms. The molecule has 0 radical (unpaired) electrons. The van der Waals surface area contributed by atoms with Gasteiger partial charge in [-0.25, -0.2) is 0 Å². The van der Waals surface area contributed by atoms with Crippen LogP contribution in [-0.4, -0.2) is 18.2 Å². The average Bonchev–Trinajstić information content (AvgIpc) is 3.43. The Kier molecular flexibility index (Phi) is 5.37. The smallest absolute Gasteiger partial charge is 0.252 e. The van der Waals surface area contributed by atoms with Crippen LogP contribution in [0.1, 0.15) is 56.7 Å². The topological polar surface area (TPSA) is 79.5 Å². The number of benzene rings is 3. The van der Waals surface area contributed by atoms with Gasteiger partial charge in [0.25, 0.3) is 5.91 Å². The minimum atomic E-state index is -0.227. The molecule has 3 aromatic carbocycles. The Morgan fingerprint density at radius 2 is 1.94 bits per heavy atom. The van der Waals surface area contributed by atoms with Crippen LogP contribution in [0.2, 0.25) is 0 Å². The second-order valence-electron chi connectivity index (χ2n) is 8.71. The summed E-state index contributed by atoms with van der Waals surface area (Å²) in [5, 5.41) is 6.57. The van der Waals surface area contributed by atoms with Gasteiger partial charge in [0.05, 0.1) is 12.6 Å². The molecule has 2 aliphatic heterocycles. The molecule has 5 rings (SSSR count). The van der Waals surface area contributed by atoms with Gasteiger partial charge in [0.1, 0.15) is 0 Å². The summed E-state index contributed by atoms with van der Waals surface area (Å²) < 4.78 is 0. The molecule has 3 aromatic rings. The zero-order valence-corrected chi connectivity index (χ0v) is 18.5. The van der Waals surface area contributed by atoms with E-state index in [4.69, 9.17) is 5.73 Å². The molecule has 4 N–H and O–H groups in total. The van der Waals surface area contributed by atoms with Crippen LogP contribution in [0, 0.1) is 6.92 Å². The maximum atomic E-state index is 13.4. The van der Waals surface area contributed by atoms with Crippen molar-refractivity contribution < 1.29 is 4.79 Å². The summed E-state index contributed by atoms with van der Waals surface area (Å²) in [6.45, 7) is 6.67. The van der Waals surface area contributed by atoms with Crippen molar-refractivity contribution in [2.45, 2.75) is 39.5 Å². The Bertz CT molecular complexity index is 1240. The van der Waals surface area contributed by atoms with Gasteiger partial charge in [-0.2, -0.15) is 0 Å². The van der Waals surface area contributed by atoms with Crippen molar-refractivity contribution in [3.05, 3.63) is 93.5 Å². The van der Waals surface area contributed by atoms with E-state index in [1.807, 2.05) is 31.2 Å². The summed E-state index contributed by atoms with van der Waals surface area (Å²) in [5.74, 6) is -0.0809. The number of rotatable bonds is 5. The summed E-state index contributed by atoms with van der Waals surface area (Å²) in [6.07, 6.45) is 0. The van der Waals surface area contributed by atoms with E-state index in [0.717, 1.165) is 52.2 Å². The number of fused-ring (bicyclic) bond motifs is 2. The summed E-state index contributed by atoms with van der Waals surface area (Å²) in [7, 11) is 0. The van der Waals surface area contributed by atoms with Crippen LogP contribution in [0.25, 0.3) is 11.1 Å². The zero-order valence-electron chi connectivity index (χ0n) is 18.5. The molecule has 0 saturated carbocycles. The van der Waals surface area contributed by atoms with Crippen LogP contribution in [0.3, 0.4) is 0 Å². The molecule has 1 unspecified atom stereocenters. The molecule has 0 bridgehead atoms. The lowest BCUT2D eigenvalue weighted by Crippen LogP contribution is -2.34. The maximum absolute atomic E-state index is 13.4. The molecule has 162 valence electrons. The Balaban J connectivity index is 1.50. The highest BCUT2D eigenvalue weighted by Gasteiger charge is 2.23. The minimum absolute atomic E-state index is 0.0809. The number of hydrogen-bond acceptors (Lipinski definition) is 4. The second kappa shape index (κ2) is 8.34. The van der Waals surface area contributed by atoms with E-state index in [2.05, 4.69) is 52.9 Å². The van der Waals surface area contributed by atoms with E-state index in [-0.39, 0.29) is 11.9 Å². The van der Waals surface area contributed by atoms with Gasteiger partial charge in [0.15, 0.2) is 0 Å². The van der Waals surface area contributed by atoms with Crippen molar-refractivity contribution in [1.82, 2.24) is 10.6 Å². The number of carbonyl (C=O) groups excluding carboxylic acids is 1. The predicted octanol–water partition coefficient (Wildman–Crippen LogP) is 4.02. The van der Waals surface area contributed by atoms with Crippen molar-refractivity contribution in [1.29, 1.82) is 0 Å². The molecule has 5 nitrogen and oxygen atoms in total. The zero-order chi connectivity index (χ0) is 22.2.